The number of Topliss-reactive ketones (excluding diaryl/α,β-unsaturated/α-hetero) is 1. The molecule has 1 heterocycles. The van der Waals surface area contributed by atoms with Crippen LogP contribution >= 0.6 is 0 Å². The van der Waals surface area contributed by atoms with Gasteiger partial charge < -0.3 is 4.74 Å². The number of rotatable bonds is 1. The Balaban J connectivity index is 2.60. The highest BCUT2D eigenvalue weighted by atomic mass is 16.5. The van der Waals surface area contributed by atoms with Crippen LogP contribution in [-0.2, 0) is 9.53 Å². The summed E-state index contributed by atoms with van der Waals surface area (Å²) < 4.78 is 5.14. The molecule has 0 atom stereocenters. The molecular weight excluding hydrogens is 206 g/mol. The van der Waals surface area contributed by atoms with Crippen LogP contribution in [0.25, 0.3) is 0 Å². The van der Waals surface area contributed by atoms with E-state index >= 15 is 0 Å². The number of ether oxygens (including phenoxy) is 1. The van der Waals surface area contributed by atoms with Crippen LogP contribution in [0.15, 0.2) is 34.8 Å². The number of carbonyl (C=O) groups excluding carboxylic acids is 2. The molecule has 2 rings (SSSR count). The minimum absolute atomic E-state index is 0.0567. The first kappa shape index (κ1) is 10.3. The number of aliphatic imine (C=N–C) groups is 1. The molecule has 80 valence electrons. The van der Waals surface area contributed by atoms with Crippen LogP contribution in [0.2, 0.25) is 0 Å². The van der Waals surface area contributed by atoms with E-state index in [4.69, 9.17) is 4.74 Å². The lowest BCUT2D eigenvalue weighted by Gasteiger charge is -2.14. The van der Waals surface area contributed by atoms with Crippen LogP contribution in [0.3, 0.4) is 0 Å². The molecule has 0 aliphatic carbocycles. The van der Waals surface area contributed by atoms with Crippen LogP contribution in [0, 0.1) is 0 Å². The largest absolute Gasteiger partial charge is 0.477 e. The van der Waals surface area contributed by atoms with E-state index in [1.54, 1.807) is 37.1 Å². The number of nitrogens with zero attached hydrogens (tertiary/aromatic N) is 1. The summed E-state index contributed by atoms with van der Waals surface area (Å²) in [6.07, 6.45) is 0. The van der Waals surface area contributed by atoms with Crippen LogP contribution < -0.4 is 0 Å². The van der Waals surface area contributed by atoms with E-state index in [0.29, 0.717) is 17.9 Å². The standard InChI is InChI=1S/C12H9NO3/c1-2-16-12-9(7-14)11(15)8-5-3-4-6-10(8)13-12/h3-6H,2H2,1H3. The Morgan fingerprint density at radius 3 is 2.81 bits per heavy atom. The fourth-order valence-electron chi connectivity index (χ4n) is 1.49. The summed E-state index contributed by atoms with van der Waals surface area (Å²) in [5, 5.41) is 0. The first-order valence-corrected chi connectivity index (χ1v) is 4.88. The van der Waals surface area contributed by atoms with Gasteiger partial charge in [-0.05, 0) is 19.1 Å². The Morgan fingerprint density at radius 2 is 2.12 bits per heavy atom. The number of benzene rings is 1. The summed E-state index contributed by atoms with van der Waals surface area (Å²) in [7, 11) is 0. The second-order valence-corrected chi connectivity index (χ2v) is 3.17. The highest BCUT2D eigenvalue weighted by Gasteiger charge is 2.27. The summed E-state index contributed by atoms with van der Waals surface area (Å²) >= 11 is 0. The smallest absolute Gasteiger partial charge is 0.236 e. The molecule has 0 saturated carbocycles. The lowest BCUT2D eigenvalue weighted by atomic mass is 10.00. The maximum Gasteiger partial charge on any atom is 0.236 e. The van der Waals surface area contributed by atoms with Crippen molar-refractivity contribution in [1.82, 2.24) is 0 Å². The van der Waals surface area contributed by atoms with Gasteiger partial charge in [0.1, 0.15) is 5.94 Å². The molecule has 1 aromatic rings. The Hall–Kier alpha value is -2.19. The van der Waals surface area contributed by atoms with Crippen molar-refractivity contribution in [2.24, 2.45) is 4.99 Å². The zero-order chi connectivity index (χ0) is 11.5. The molecule has 0 saturated heterocycles. The van der Waals surface area contributed by atoms with Crippen LogP contribution in [0.4, 0.5) is 5.69 Å². The third kappa shape index (κ3) is 1.55. The van der Waals surface area contributed by atoms with Gasteiger partial charge in [-0.15, -0.1) is 0 Å². The van der Waals surface area contributed by atoms with Crippen LogP contribution in [0.5, 0.6) is 0 Å². The molecule has 1 aliphatic heterocycles. The predicted molar refractivity (Wildman–Crippen MR) is 58.7 cm³/mol. The second-order valence-electron chi connectivity index (χ2n) is 3.17. The lowest BCUT2D eigenvalue weighted by molar-refractivity contribution is 0.103. The van der Waals surface area contributed by atoms with Crippen molar-refractivity contribution in [3.63, 3.8) is 0 Å². The fraction of sp³-hybridized carbons (Fsp3) is 0.167. The molecule has 1 aliphatic rings. The van der Waals surface area contributed by atoms with E-state index in [2.05, 4.69) is 4.99 Å². The zero-order valence-electron chi connectivity index (χ0n) is 8.69. The van der Waals surface area contributed by atoms with Crippen molar-refractivity contribution in [2.45, 2.75) is 6.92 Å². The molecule has 16 heavy (non-hydrogen) atoms. The summed E-state index contributed by atoms with van der Waals surface area (Å²) in [5.74, 6) is 1.26. The van der Waals surface area contributed by atoms with Gasteiger partial charge in [0.25, 0.3) is 0 Å². The topological polar surface area (TPSA) is 55.7 Å². The molecule has 0 amide bonds. The molecule has 0 aromatic heterocycles. The van der Waals surface area contributed by atoms with Crippen molar-refractivity contribution in [3.8, 4) is 0 Å². The molecule has 0 N–H and O–H groups in total. The van der Waals surface area contributed by atoms with Crippen molar-refractivity contribution in [2.75, 3.05) is 6.61 Å². The van der Waals surface area contributed by atoms with Gasteiger partial charge in [0.15, 0.2) is 5.57 Å². The van der Waals surface area contributed by atoms with E-state index in [0.717, 1.165) is 0 Å². The van der Waals surface area contributed by atoms with Gasteiger partial charge in [0.2, 0.25) is 11.7 Å². The zero-order valence-corrected chi connectivity index (χ0v) is 8.69. The lowest BCUT2D eigenvalue weighted by Crippen LogP contribution is -2.20. The van der Waals surface area contributed by atoms with Crippen molar-refractivity contribution >= 4 is 23.3 Å². The summed E-state index contributed by atoms with van der Waals surface area (Å²) in [6, 6.07) is 6.82. The van der Waals surface area contributed by atoms with Gasteiger partial charge >= 0.3 is 0 Å². The number of hydrogen-bond donors (Lipinski definition) is 0. The Bertz CT molecular complexity index is 525. The molecular formula is C12H9NO3. The third-order valence-electron chi connectivity index (χ3n) is 2.19. The number of fused-ring (bicyclic) bond motifs is 1. The van der Waals surface area contributed by atoms with Gasteiger partial charge in [-0.2, -0.15) is 0 Å². The number of hydrogen-bond acceptors (Lipinski definition) is 4. The first-order valence-electron chi connectivity index (χ1n) is 4.88. The van der Waals surface area contributed by atoms with Gasteiger partial charge in [-0.1, -0.05) is 12.1 Å². The summed E-state index contributed by atoms with van der Waals surface area (Å²) in [6.45, 7) is 2.11. The molecule has 0 radical (unpaired) electrons. The van der Waals surface area contributed by atoms with Gasteiger partial charge in [-0.25, -0.2) is 9.79 Å². The molecule has 1 aromatic carbocycles. The van der Waals surface area contributed by atoms with Crippen LogP contribution in [-0.4, -0.2) is 24.2 Å². The number of ketones is 1. The maximum absolute atomic E-state index is 11.9. The predicted octanol–water partition coefficient (Wildman–Crippen LogP) is 1.71. The average molecular weight is 215 g/mol. The van der Waals surface area contributed by atoms with Crippen molar-refractivity contribution in [3.05, 3.63) is 35.4 Å². The maximum atomic E-state index is 11.9. The molecule has 0 spiro atoms. The van der Waals surface area contributed by atoms with Crippen LogP contribution in [0.1, 0.15) is 17.3 Å². The summed E-state index contributed by atoms with van der Waals surface area (Å²) in [5.41, 5.74) is 0.791. The minimum Gasteiger partial charge on any atom is -0.477 e. The quantitative estimate of drug-likeness (QED) is 0.529. The van der Waals surface area contributed by atoms with E-state index in [1.165, 1.54) is 0 Å². The average Bonchev–Trinajstić information content (AvgIpc) is 2.30. The molecule has 4 nitrogen and oxygen atoms in total. The third-order valence-corrected chi connectivity index (χ3v) is 2.19. The highest BCUT2D eigenvalue weighted by molar-refractivity contribution is 6.33. The number of carbonyl (C=O) groups is 1. The van der Waals surface area contributed by atoms with Crippen molar-refractivity contribution in [1.29, 1.82) is 0 Å². The minimum atomic E-state index is -0.385. The Kier molecular flexibility index (Phi) is 2.66. The van der Waals surface area contributed by atoms with E-state index in [1.807, 2.05) is 0 Å². The Labute approximate surface area is 92.3 Å². The van der Waals surface area contributed by atoms with E-state index < -0.39 is 0 Å². The fourth-order valence-corrected chi connectivity index (χ4v) is 1.49. The summed E-state index contributed by atoms with van der Waals surface area (Å²) in [4.78, 5) is 26.7. The van der Waals surface area contributed by atoms with Crippen molar-refractivity contribution < 1.29 is 14.3 Å². The number of para-hydroxylation sites is 1. The highest BCUT2D eigenvalue weighted by Crippen LogP contribution is 2.27. The molecule has 0 fully saturated rings. The Morgan fingerprint density at radius 1 is 1.38 bits per heavy atom. The normalized spacial score (nSPS) is 13.9. The van der Waals surface area contributed by atoms with E-state index in [-0.39, 0.29) is 17.3 Å². The molecule has 0 bridgehead atoms. The SMILES string of the molecule is CCOC1=Nc2ccccc2C(=O)C1=C=O. The van der Waals surface area contributed by atoms with Gasteiger partial charge in [0, 0.05) is 5.56 Å². The monoisotopic (exact) mass is 215 g/mol. The van der Waals surface area contributed by atoms with E-state index in [9.17, 15) is 9.59 Å². The van der Waals surface area contributed by atoms with Gasteiger partial charge in [-0.3, -0.25) is 4.79 Å². The molecule has 4 heteroatoms. The first-order chi connectivity index (χ1) is 7.77. The van der Waals surface area contributed by atoms with Gasteiger partial charge in [0.05, 0.1) is 12.3 Å². The second kappa shape index (κ2) is 4.13. The molecule has 0 unspecified atom stereocenters.